The van der Waals surface area contributed by atoms with E-state index in [2.05, 4.69) is 42.8 Å². The van der Waals surface area contributed by atoms with E-state index in [9.17, 15) is 5.11 Å². The van der Waals surface area contributed by atoms with Gasteiger partial charge in [0.2, 0.25) is 0 Å². The maximum atomic E-state index is 10.3. The Bertz CT molecular complexity index is 557. The van der Waals surface area contributed by atoms with Crippen molar-refractivity contribution in [3.8, 4) is 0 Å². The number of nitrogens with one attached hydrogen (secondary N) is 1. The molecule has 4 heteroatoms. The summed E-state index contributed by atoms with van der Waals surface area (Å²) in [4.78, 5) is 2.13. The number of hydrogen-bond donors (Lipinski definition) is 3. The highest BCUT2D eigenvalue weighted by Gasteiger charge is 2.16. The normalized spacial score (nSPS) is 14.7. The smallest absolute Gasteiger partial charge is 0.132 e. The van der Waals surface area contributed by atoms with E-state index < -0.39 is 6.23 Å². The second kappa shape index (κ2) is 7.09. The van der Waals surface area contributed by atoms with Gasteiger partial charge < -0.3 is 5.11 Å². The van der Waals surface area contributed by atoms with Gasteiger partial charge in [-0.2, -0.15) is 0 Å². The molecule has 20 heavy (non-hydrogen) atoms. The number of benzene rings is 2. The number of rotatable bonds is 6. The molecule has 0 aliphatic heterocycles. The van der Waals surface area contributed by atoms with Gasteiger partial charge in [0.15, 0.2) is 0 Å². The molecule has 108 valence electrons. The predicted octanol–water partition coefficient (Wildman–Crippen LogP) is 2.98. The van der Waals surface area contributed by atoms with E-state index in [0.717, 1.165) is 24.0 Å². The third-order valence-corrected chi connectivity index (χ3v) is 4.03. The zero-order valence-corrected chi connectivity index (χ0v) is 12.8. The first-order chi connectivity index (χ1) is 9.65. The molecule has 0 saturated heterocycles. The largest absolute Gasteiger partial charge is 0.374 e. The minimum Gasteiger partial charge on any atom is -0.374 e. The Hall–Kier alpha value is -1.07. The fourth-order valence-corrected chi connectivity index (χ4v) is 2.76. The molecule has 3 nitrogen and oxygen atoms in total. The Morgan fingerprint density at radius 1 is 1.10 bits per heavy atom. The molecule has 0 aliphatic rings. The number of hydrogen-bond acceptors (Lipinski definition) is 4. The molecule has 0 heterocycles. The average molecular weight is 290 g/mol. The van der Waals surface area contributed by atoms with Crippen molar-refractivity contribution < 1.29 is 5.11 Å². The van der Waals surface area contributed by atoms with Gasteiger partial charge in [-0.05, 0) is 35.5 Å². The van der Waals surface area contributed by atoms with Crippen LogP contribution in [0.1, 0.15) is 25.6 Å². The van der Waals surface area contributed by atoms with Gasteiger partial charge in [0.25, 0.3) is 0 Å². The van der Waals surface area contributed by atoms with Crippen molar-refractivity contribution in [3.63, 3.8) is 0 Å². The summed E-state index contributed by atoms with van der Waals surface area (Å²) in [6.45, 7) is 5.94. The fraction of sp³-hybridized carbons (Fsp3) is 0.375. The molecule has 0 aliphatic carbocycles. The van der Waals surface area contributed by atoms with Crippen LogP contribution in [0.2, 0.25) is 0 Å². The standard InChI is InChI=1S/C16H22N2OS/c1-3-18(4-2)16(20)17-15(19)14-10-9-12-7-5-6-8-13(12)11-14/h5-11,15-17,19-20H,3-4H2,1-2H3. The van der Waals surface area contributed by atoms with E-state index in [1.165, 1.54) is 5.39 Å². The summed E-state index contributed by atoms with van der Waals surface area (Å²) < 4.78 is 0. The molecule has 0 saturated carbocycles. The monoisotopic (exact) mass is 290 g/mol. The highest BCUT2D eigenvalue weighted by Crippen LogP contribution is 2.20. The third-order valence-electron chi connectivity index (χ3n) is 3.55. The first-order valence-corrected chi connectivity index (χ1v) is 7.52. The van der Waals surface area contributed by atoms with Crippen LogP contribution in [0.4, 0.5) is 0 Å². The Morgan fingerprint density at radius 2 is 1.75 bits per heavy atom. The number of fused-ring (bicyclic) bond motifs is 1. The van der Waals surface area contributed by atoms with Gasteiger partial charge >= 0.3 is 0 Å². The van der Waals surface area contributed by atoms with E-state index >= 15 is 0 Å². The minimum absolute atomic E-state index is 0.161. The van der Waals surface area contributed by atoms with Crippen molar-refractivity contribution in [2.45, 2.75) is 25.6 Å². The first kappa shape index (κ1) is 15.3. The quantitative estimate of drug-likeness (QED) is 0.565. The third kappa shape index (κ3) is 3.52. The van der Waals surface area contributed by atoms with Crippen LogP contribution in [0.5, 0.6) is 0 Å². The molecular formula is C16H22N2OS. The second-order valence-electron chi connectivity index (χ2n) is 4.77. The SMILES string of the molecule is CCN(CC)C(S)NC(O)c1ccc2ccccc2c1. The fourth-order valence-electron chi connectivity index (χ4n) is 2.29. The molecule has 0 fully saturated rings. The van der Waals surface area contributed by atoms with Gasteiger partial charge in [-0.3, -0.25) is 10.2 Å². The van der Waals surface area contributed by atoms with Gasteiger partial charge in [-0.25, -0.2) is 0 Å². The highest BCUT2D eigenvalue weighted by atomic mass is 32.1. The molecule has 0 amide bonds. The first-order valence-electron chi connectivity index (χ1n) is 7.00. The van der Waals surface area contributed by atoms with Gasteiger partial charge in [-0.1, -0.05) is 50.2 Å². The van der Waals surface area contributed by atoms with E-state index in [1.54, 1.807) is 0 Å². The molecule has 2 aromatic rings. The summed E-state index contributed by atoms with van der Waals surface area (Å²) in [6.07, 6.45) is -0.720. The summed E-state index contributed by atoms with van der Waals surface area (Å²) in [5.41, 5.74) is 0.696. The molecule has 0 bridgehead atoms. The molecule has 0 spiro atoms. The van der Waals surface area contributed by atoms with Gasteiger partial charge in [0, 0.05) is 0 Å². The lowest BCUT2D eigenvalue weighted by Gasteiger charge is -2.28. The predicted molar refractivity (Wildman–Crippen MR) is 87.7 cm³/mol. The minimum atomic E-state index is -0.720. The highest BCUT2D eigenvalue weighted by molar-refractivity contribution is 7.80. The average Bonchev–Trinajstić information content (AvgIpc) is 2.48. The topological polar surface area (TPSA) is 35.5 Å². The van der Waals surface area contributed by atoms with Crippen LogP contribution in [0.3, 0.4) is 0 Å². The lowest BCUT2D eigenvalue weighted by Crippen LogP contribution is -2.43. The van der Waals surface area contributed by atoms with Crippen molar-refractivity contribution in [1.29, 1.82) is 0 Å². The Labute approximate surface area is 126 Å². The van der Waals surface area contributed by atoms with Crippen LogP contribution >= 0.6 is 12.6 Å². The molecule has 2 rings (SSSR count). The molecule has 0 aromatic heterocycles. The van der Waals surface area contributed by atoms with Gasteiger partial charge in [0.05, 0.1) is 0 Å². The summed E-state index contributed by atoms with van der Waals surface area (Å²) in [5.74, 6) is 0. The van der Waals surface area contributed by atoms with Crippen molar-refractivity contribution in [3.05, 3.63) is 48.0 Å². The maximum Gasteiger partial charge on any atom is 0.132 e. The van der Waals surface area contributed by atoms with Crippen molar-refractivity contribution >= 4 is 23.4 Å². The number of nitrogens with zero attached hydrogens (tertiary/aromatic N) is 1. The molecule has 0 radical (unpaired) electrons. The van der Waals surface area contributed by atoms with E-state index in [0.29, 0.717) is 0 Å². The number of aliphatic hydroxyl groups is 1. The van der Waals surface area contributed by atoms with Crippen molar-refractivity contribution in [2.24, 2.45) is 0 Å². The van der Waals surface area contributed by atoms with Gasteiger partial charge in [0.1, 0.15) is 11.7 Å². The van der Waals surface area contributed by atoms with Crippen molar-refractivity contribution in [1.82, 2.24) is 10.2 Å². The number of aliphatic hydroxyl groups excluding tert-OH is 1. The molecule has 2 N–H and O–H groups in total. The van der Waals surface area contributed by atoms with E-state index in [-0.39, 0.29) is 5.50 Å². The van der Waals surface area contributed by atoms with Crippen molar-refractivity contribution in [2.75, 3.05) is 13.1 Å². The summed E-state index contributed by atoms with van der Waals surface area (Å²) in [6, 6.07) is 14.1. The number of thiol groups is 1. The lowest BCUT2D eigenvalue weighted by atomic mass is 10.1. The zero-order valence-electron chi connectivity index (χ0n) is 12.0. The van der Waals surface area contributed by atoms with Crippen LogP contribution < -0.4 is 5.32 Å². The molecular weight excluding hydrogens is 268 g/mol. The van der Waals surface area contributed by atoms with E-state index in [4.69, 9.17) is 0 Å². The summed E-state index contributed by atoms with van der Waals surface area (Å²) in [5, 5.41) is 15.7. The van der Waals surface area contributed by atoms with Crippen LogP contribution in [0, 0.1) is 0 Å². The molecule has 2 aromatic carbocycles. The summed E-state index contributed by atoms with van der Waals surface area (Å²) >= 11 is 4.50. The van der Waals surface area contributed by atoms with Crippen LogP contribution in [0.15, 0.2) is 42.5 Å². The maximum absolute atomic E-state index is 10.3. The molecule has 2 atom stereocenters. The lowest BCUT2D eigenvalue weighted by molar-refractivity contribution is 0.101. The van der Waals surface area contributed by atoms with Crippen LogP contribution in [0.25, 0.3) is 10.8 Å². The second-order valence-corrected chi connectivity index (χ2v) is 5.26. The van der Waals surface area contributed by atoms with E-state index in [1.807, 2.05) is 36.4 Å². The molecule has 2 unspecified atom stereocenters. The van der Waals surface area contributed by atoms with Crippen LogP contribution in [-0.4, -0.2) is 28.6 Å². The Balaban J connectivity index is 2.12. The van der Waals surface area contributed by atoms with Gasteiger partial charge in [-0.15, -0.1) is 12.6 Å². The van der Waals surface area contributed by atoms with Crippen LogP contribution in [-0.2, 0) is 0 Å². The Kier molecular flexibility index (Phi) is 5.43. The Morgan fingerprint density at radius 3 is 2.40 bits per heavy atom. The summed E-state index contributed by atoms with van der Waals surface area (Å²) in [7, 11) is 0. The zero-order chi connectivity index (χ0) is 14.5.